The van der Waals surface area contributed by atoms with Crippen LogP contribution in [0.1, 0.15) is 47.0 Å². The Kier molecular flexibility index (Phi) is 3.67. The number of nitrogens with one attached hydrogen (secondary N) is 1. The second-order valence-electron chi connectivity index (χ2n) is 5.53. The third kappa shape index (κ3) is 3.74. The maximum absolute atomic E-state index is 3.62. The van der Waals surface area contributed by atoms with E-state index < -0.39 is 0 Å². The van der Waals surface area contributed by atoms with Crippen LogP contribution in [-0.4, -0.2) is 16.0 Å². The Morgan fingerprint density at radius 3 is 2.31 bits per heavy atom. The van der Waals surface area contributed by atoms with Gasteiger partial charge in [-0.1, -0.05) is 50.3 Å². The molecule has 2 heteroatoms. The van der Waals surface area contributed by atoms with Gasteiger partial charge in [-0.2, -0.15) is 0 Å². The lowest BCUT2D eigenvalue weighted by Crippen LogP contribution is -2.40. The summed E-state index contributed by atoms with van der Waals surface area (Å²) >= 11 is 2.56. The van der Waals surface area contributed by atoms with E-state index in [0.717, 1.165) is 6.04 Å². The molecule has 0 spiro atoms. The quantitative estimate of drug-likeness (QED) is 0.622. The van der Waals surface area contributed by atoms with E-state index in [1.54, 1.807) is 0 Å². The summed E-state index contributed by atoms with van der Waals surface area (Å²) in [6, 6.07) is 0.738. The Morgan fingerprint density at radius 1 is 1.31 bits per heavy atom. The Hall–Kier alpha value is 0.690. The average Bonchev–Trinajstić information content (AvgIpc) is 2.29. The summed E-state index contributed by atoms with van der Waals surface area (Å²) in [7, 11) is 0. The van der Waals surface area contributed by atoms with Crippen LogP contribution in [0.3, 0.4) is 0 Å². The summed E-state index contributed by atoms with van der Waals surface area (Å²) in [5.41, 5.74) is 0.446. The van der Waals surface area contributed by atoms with Crippen LogP contribution in [0.4, 0.5) is 0 Å². The van der Waals surface area contributed by atoms with E-state index in [9.17, 15) is 0 Å². The lowest BCUT2D eigenvalue weighted by Gasteiger charge is -2.36. The molecule has 0 bridgehead atoms. The highest BCUT2D eigenvalue weighted by atomic mass is 127. The molecule has 1 fully saturated rings. The van der Waals surface area contributed by atoms with Crippen LogP contribution in [0.25, 0.3) is 0 Å². The lowest BCUT2D eigenvalue weighted by atomic mass is 9.77. The van der Waals surface area contributed by atoms with E-state index in [-0.39, 0.29) is 0 Å². The molecular weight excluding hydrogens is 273 g/mol. The summed E-state index contributed by atoms with van der Waals surface area (Å²) in [5, 5.41) is 3.62. The summed E-state index contributed by atoms with van der Waals surface area (Å²) < 4.78 is 0.422. The van der Waals surface area contributed by atoms with Gasteiger partial charge in [-0.05, 0) is 31.2 Å². The van der Waals surface area contributed by atoms with E-state index >= 15 is 0 Å². The molecular formula is C11H22IN. The molecule has 1 aliphatic rings. The molecule has 0 radical (unpaired) electrons. The van der Waals surface area contributed by atoms with Gasteiger partial charge >= 0.3 is 0 Å². The maximum atomic E-state index is 3.62. The summed E-state index contributed by atoms with van der Waals surface area (Å²) in [6.45, 7) is 10.7. The van der Waals surface area contributed by atoms with Gasteiger partial charge in [0.05, 0.1) is 0 Å². The fourth-order valence-corrected chi connectivity index (χ4v) is 3.54. The van der Waals surface area contributed by atoms with Crippen molar-refractivity contribution in [2.24, 2.45) is 5.41 Å². The number of alkyl halides is 1. The molecule has 0 aromatic carbocycles. The zero-order valence-corrected chi connectivity index (χ0v) is 11.4. The topological polar surface area (TPSA) is 12.0 Å². The molecule has 0 aromatic heterocycles. The Morgan fingerprint density at radius 2 is 1.92 bits per heavy atom. The Labute approximate surface area is 96.2 Å². The average molecular weight is 295 g/mol. The highest BCUT2D eigenvalue weighted by Gasteiger charge is 2.35. The molecule has 0 amide bonds. The fourth-order valence-electron chi connectivity index (χ4n) is 2.56. The third-order valence-electron chi connectivity index (χ3n) is 2.88. The van der Waals surface area contributed by atoms with Crippen LogP contribution < -0.4 is 5.32 Å². The first kappa shape index (κ1) is 11.8. The minimum Gasteiger partial charge on any atom is -0.313 e. The van der Waals surface area contributed by atoms with Gasteiger partial charge in [0.2, 0.25) is 0 Å². The van der Waals surface area contributed by atoms with Crippen LogP contribution in [-0.2, 0) is 0 Å². The van der Waals surface area contributed by atoms with E-state index in [4.69, 9.17) is 0 Å². The Bertz CT molecular complexity index is 163. The van der Waals surface area contributed by atoms with Crippen molar-refractivity contribution in [1.29, 1.82) is 0 Å². The summed E-state index contributed by atoms with van der Waals surface area (Å²) in [4.78, 5) is 0. The van der Waals surface area contributed by atoms with Crippen LogP contribution in [0.5, 0.6) is 0 Å². The van der Waals surface area contributed by atoms with Crippen molar-refractivity contribution >= 4 is 22.6 Å². The van der Waals surface area contributed by atoms with Crippen molar-refractivity contribution < 1.29 is 0 Å². The molecule has 1 unspecified atom stereocenters. The fraction of sp³-hybridized carbons (Fsp3) is 1.00. The molecule has 78 valence electrons. The second kappa shape index (κ2) is 4.05. The highest BCUT2D eigenvalue weighted by molar-refractivity contribution is 14.1. The molecule has 1 rings (SSSR count). The zero-order chi connectivity index (χ0) is 10.1. The molecule has 0 aromatic rings. The van der Waals surface area contributed by atoms with Crippen LogP contribution in [0.15, 0.2) is 0 Å². The monoisotopic (exact) mass is 295 g/mol. The minimum atomic E-state index is 0.422. The molecule has 1 saturated heterocycles. The summed E-state index contributed by atoms with van der Waals surface area (Å²) in [6.07, 6.45) is 4.01. The molecule has 1 heterocycles. The van der Waals surface area contributed by atoms with Crippen molar-refractivity contribution in [3.63, 3.8) is 0 Å². The first-order valence-corrected chi connectivity index (χ1v) is 6.31. The van der Waals surface area contributed by atoms with E-state index in [2.05, 4.69) is 55.6 Å². The van der Waals surface area contributed by atoms with Crippen LogP contribution in [0.2, 0.25) is 0 Å². The van der Waals surface area contributed by atoms with Gasteiger partial charge in [0.15, 0.2) is 0 Å². The van der Waals surface area contributed by atoms with Gasteiger partial charge in [-0.15, -0.1) is 0 Å². The van der Waals surface area contributed by atoms with Crippen molar-refractivity contribution in [2.45, 2.75) is 56.4 Å². The van der Waals surface area contributed by atoms with Crippen molar-refractivity contribution in [2.75, 3.05) is 6.54 Å². The standard InChI is InChI=1S/C11H22IN/c1-10(2,8-11(3,4)12)9-6-5-7-13-9/h9,13H,5-8H2,1-4H3. The molecule has 0 aliphatic carbocycles. The predicted molar refractivity (Wildman–Crippen MR) is 67.5 cm³/mol. The van der Waals surface area contributed by atoms with E-state index in [0.29, 0.717) is 8.84 Å². The van der Waals surface area contributed by atoms with E-state index in [1.807, 2.05) is 0 Å². The molecule has 1 nitrogen and oxygen atoms in total. The van der Waals surface area contributed by atoms with Crippen LogP contribution in [0, 0.1) is 5.41 Å². The highest BCUT2D eigenvalue weighted by Crippen LogP contribution is 2.38. The number of halogens is 1. The van der Waals surface area contributed by atoms with Gasteiger partial charge in [0.25, 0.3) is 0 Å². The second-order valence-corrected chi connectivity index (χ2v) is 8.45. The van der Waals surface area contributed by atoms with Crippen molar-refractivity contribution in [1.82, 2.24) is 5.32 Å². The molecule has 1 atom stereocenters. The SMILES string of the molecule is CC(C)(I)CC(C)(C)C1CCCN1. The van der Waals surface area contributed by atoms with Gasteiger partial charge in [-0.3, -0.25) is 0 Å². The van der Waals surface area contributed by atoms with Gasteiger partial charge in [-0.25, -0.2) is 0 Å². The first-order valence-electron chi connectivity index (χ1n) is 5.24. The predicted octanol–water partition coefficient (Wildman–Crippen LogP) is 3.37. The Balaban J connectivity index is 2.53. The minimum absolute atomic E-state index is 0.422. The number of rotatable bonds is 3. The number of hydrogen-bond acceptors (Lipinski definition) is 1. The summed E-state index contributed by atoms with van der Waals surface area (Å²) in [5.74, 6) is 0. The third-order valence-corrected chi connectivity index (χ3v) is 3.26. The van der Waals surface area contributed by atoms with Gasteiger partial charge in [0, 0.05) is 9.46 Å². The molecule has 13 heavy (non-hydrogen) atoms. The number of hydrogen-bond donors (Lipinski definition) is 1. The van der Waals surface area contributed by atoms with Crippen LogP contribution >= 0.6 is 22.6 Å². The zero-order valence-electron chi connectivity index (χ0n) is 9.28. The van der Waals surface area contributed by atoms with Gasteiger partial charge < -0.3 is 5.32 Å². The lowest BCUT2D eigenvalue weighted by molar-refractivity contribution is 0.227. The first-order chi connectivity index (χ1) is 5.81. The van der Waals surface area contributed by atoms with Gasteiger partial charge in [0.1, 0.15) is 0 Å². The molecule has 1 N–H and O–H groups in total. The van der Waals surface area contributed by atoms with Crippen molar-refractivity contribution in [3.05, 3.63) is 0 Å². The van der Waals surface area contributed by atoms with Crippen molar-refractivity contribution in [3.8, 4) is 0 Å². The molecule has 0 saturated carbocycles. The smallest absolute Gasteiger partial charge is 0.0171 e. The maximum Gasteiger partial charge on any atom is 0.0171 e. The normalized spacial score (nSPS) is 25.2. The largest absolute Gasteiger partial charge is 0.313 e. The molecule has 1 aliphatic heterocycles. The van der Waals surface area contributed by atoms with E-state index in [1.165, 1.54) is 25.8 Å².